The fourth-order valence-electron chi connectivity index (χ4n) is 3.43. The molecule has 8 nitrogen and oxygen atoms in total. The molecule has 0 unspecified atom stereocenters. The van der Waals surface area contributed by atoms with Crippen molar-refractivity contribution in [2.45, 2.75) is 58.7 Å². The topological polar surface area (TPSA) is 85.6 Å². The molecule has 1 heterocycles. The summed E-state index contributed by atoms with van der Waals surface area (Å²) >= 11 is 0. The fourth-order valence-corrected chi connectivity index (χ4v) is 3.43. The SMILES string of the molecule is CCNC(=NCc1cccc(OC)c1OC1CCCC1)NCc1nnc(C)n1C. The molecular weight excluding hydrogens is 368 g/mol. The van der Waals surface area contributed by atoms with E-state index in [-0.39, 0.29) is 6.10 Å². The number of rotatable bonds is 8. The van der Waals surface area contributed by atoms with Gasteiger partial charge in [0, 0.05) is 19.2 Å². The first kappa shape index (κ1) is 21.0. The van der Waals surface area contributed by atoms with Gasteiger partial charge in [0.25, 0.3) is 0 Å². The van der Waals surface area contributed by atoms with E-state index in [1.807, 2.05) is 43.7 Å². The maximum Gasteiger partial charge on any atom is 0.191 e. The Morgan fingerprint density at radius 3 is 2.69 bits per heavy atom. The molecule has 3 rings (SSSR count). The summed E-state index contributed by atoms with van der Waals surface area (Å²) in [5.41, 5.74) is 1.02. The second-order valence-electron chi connectivity index (χ2n) is 7.24. The number of methoxy groups -OCH3 is 1. The molecule has 1 aliphatic carbocycles. The lowest BCUT2D eigenvalue weighted by atomic mass is 10.1. The fraction of sp³-hybridized carbons (Fsp3) is 0.571. The lowest BCUT2D eigenvalue weighted by Gasteiger charge is -2.19. The van der Waals surface area contributed by atoms with Gasteiger partial charge in [0.15, 0.2) is 23.3 Å². The lowest BCUT2D eigenvalue weighted by molar-refractivity contribution is 0.198. The van der Waals surface area contributed by atoms with Crippen molar-refractivity contribution in [2.24, 2.45) is 12.0 Å². The average molecular weight is 401 g/mol. The molecule has 8 heteroatoms. The monoisotopic (exact) mass is 400 g/mol. The van der Waals surface area contributed by atoms with E-state index in [9.17, 15) is 0 Å². The van der Waals surface area contributed by atoms with Crippen LogP contribution in [0.1, 0.15) is 49.8 Å². The summed E-state index contributed by atoms with van der Waals surface area (Å²) in [5, 5.41) is 14.9. The third kappa shape index (κ3) is 5.40. The quantitative estimate of drug-likeness (QED) is 0.523. The highest BCUT2D eigenvalue weighted by Crippen LogP contribution is 2.35. The summed E-state index contributed by atoms with van der Waals surface area (Å²) < 4.78 is 13.8. The van der Waals surface area contributed by atoms with E-state index >= 15 is 0 Å². The van der Waals surface area contributed by atoms with Gasteiger partial charge in [0.2, 0.25) is 0 Å². The number of hydrogen-bond donors (Lipinski definition) is 2. The van der Waals surface area contributed by atoms with Crippen LogP contribution in [0.3, 0.4) is 0 Å². The van der Waals surface area contributed by atoms with Crippen LogP contribution in [0.15, 0.2) is 23.2 Å². The normalized spacial score (nSPS) is 14.8. The minimum absolute atomic E-state index is 0.263. The highest BCUT2D eigenvalue weighted by Gasteiger charge is 2.20. The first-order valence-corrected chi connectivity index (χ1v) is 10.3. The number of nitrogens with one attached hydrogen (secondary N) is 2. The van der Waals surface area contributed by atoms with Crippen LogP contribution >= 0.6 is 0 Å². The number of ether oxygens (including phenoxy) is 2. The van der Waals surface area contributed by atoms with E-state index in [1.54, 1.807) is 7.11 Å². The smallest absolute Gasteiger partial charge is 0.191 e. The van der Waals surface area contributed by atoms with E-state index in [0.29, 0.717) is 13.1 Å². The number of nitrogens with zero attached hydrogens (tertiary/aromatic N) is 4. The predicted molar refractivity (Wildman–Crippen MR) is 113 cm³/mol. The Morgan fingerprint density at radius 1 is 1.24 bits per heavy atom. The van der Waals surface area contributed by atoms with Crippen molar-refractivity contribution in [2.75, 3.05) is 13.7 Å². The van der Waals surface area contributed by atoms with Gasteiger partial charge in [-0.15, -0.1) is 10.2 Å². The summed E-state index contributed by atoms with van der Waals surface area (Å²) in [6.07, 6.45) is 4.91. The van der Waals surface area contributed by atoms with Crippen LogP contribution in [0.4, 0.5) is 0 Å². The molecule has 1 saturated carbocycles. The van der Waals surface area contributed by atoms with Crippen LogP contribution in [0.25, 0.3) is 0 Å². The van der Waals surface area contributed by atoms with Crippen LogP contribution in [0, 0.1) is 6.92 Å². The molecule has 1 aliphatic rings. The van der Waals surface area contributed by atoms with Gasteiger partial charge < -0.3 is 24.7 Å². The molecule has 158 valence electrons. The number of aromatic nitrogens is 3. The van der Waals surface area contributed by atoms with Gasteiger partial charge in [-0.2, -0.15) is 0 Å². The zero-order chi connectivity index (χ0) is 20.6. The third-order valence-electron chi connectivity index (χ3n) is 5.22. The van der Waals surface area contributed by atoms with Crippen molar-refractivity contribution in [1.29, 1.82) is 0 Å². The molecule has 0 radical (unpaired) electrons. The molecule has 0 atom stereocenters. The van der Waals surface area contributed by atoms with E-state index in [1.165, 1.54) is 12.8 Å². The van der Waals surface area contributed by atoms with Crippen LogP contribution in [-0.4, -0.2) is 40.5 Å². The molecular formula is C21H32N6O2. The van der Waals surface area contributed by atoms with E-state index in [2.05, 4.69) is 20.8 Å². The number of aliphatic imine (C=N–C) groups is 1. The van der Waals surface area contributed by atoms with E-state index in [4.69, 9.17) is 14.5 Å². The number of hydrogen-bond acceptors (Lipinski definition) is 5. The van der Waals surface area contributed by atoms with Gasteiger partial charge >= 0.3 is 0 Å². The molecule has 0 amide bonds. The Balaban J connectivity index is 1.73. The predicted octanol–water partition coefficient (Wildman–Crippen LogP) is 2.71. The van der Waals surface area contributed by atoms with Crippen molar-refractivity contribution in [3.05, 3.63) is 35.4 Å². The van der Waals surface area contributed by atoms with Gasteiger partial charge in [0.1, 0.15) is 5.82 Å². The number of guanidine groups is 1. The van der Waals surface area contributed by atoms with Crippen molar-refractivity contribution in [3.63, 3.8) is 0 Å². The molecule has 1 aromatic carbocycles. The third-order valence-corrected chi connectivity index (χ3v) is 5.22. The van der Waals surface area contributed by atoms with E-state index < -0.39 is 0 Å². The van der Waals surface area contributed by atoms with Gasteiger partial charge in [0.05, 0.1) is 26.3 Å². The summed E-state index contributed by atoms with van der Waals surface area (Å²) in [4.78, 5) is 4.75. The van der Waals surface area contributed by atoms with Crippen LogP contribution in [0.5, 0.6) is 11.5 Å². The number of para-hydroxylation sites is 1. The summed E-state index contributed by atoms with van der Waals surface area (Å²) in [7, 11) is 3.64. The van der Waals surface area contributed by atoms with Crippen molar-refractivity contribution < 1.29 is 9.47 Å². The Morgan fingerprint density at radius 2 is 2.03 bits per heavy atom. The van der Waals surface area contributed by atoms with Crippen LogP contribution in [0.2, 0.25) is 0 Å². The molecule has 2 aromatic rings. The maximum atomic E-state index is 6.31. The molecule has 1 aromatic heterocycles. The molecule has 0 bridgehead atoms. The molecule has 1 fully saturated rings. The highest BCUT2D eigenvalue weighted by atomic mass is 16.5. The molecule has 29 heavy (non-hydrogen) atoms. The van der Waals surface area contributed by atoms with Gasteiger partial charge in [-0.1, -0.05) is 12.1 Å². The summed E-state index contributed by atoms with van der Waals surface area (Å²) in [5.74, 6) is 4.04. The zero-order valence-electron chi connectivity index (χ0n) is 17.9. The Bertz CT molecular complexity index is 827. The second-order valence-corrected chi connectivity index (χ2v) is 7.24. The zero-order valence-corrected chi connectivity index (χ0v) is 17.9. The second kappa shape index (κ2) is 10.1. The Hall–Kier alpha value is -2.77. The van der Waals surface area contributed by atoms with Crippen molar-refractivity contribution in [1.82, 2.24) is 25.4 Å². The van der Waals surface area contributed by atoms with Gasteiger partial charge in [-0.3, -0.25) is 0 Å². The minimum atomic E-state index is 0.263. The summed E-state index contributed by atoms with van der Waals surface area (Å²) in [6.45, 7) is 5.79. The van der Waals surface area contributed by atoms with Crippen LogP contribution < -0.4 is 20.1 Å². The highest BCUT2D eigenvalue weighted by molar-refractivity contribution is 5.79. The average Bonchev–Trinajstić information content (AvgIpc) is 3.35. The van der Waals surface area contributed by atoms with Crippen LogP contribution in [-0.2, 0) is 20.1 Å². The number of aryl methyl sites for hydroxylation is 1. The van der Waals surface area contributed by atoms with Gasteiger partial charge in [-0.25, -0.2) is 4.99 Å². The Kier molecular flexibility index (Phi) is 7.32. The molecule has 0 spiro atoms. The van der Waals surface area contributed by atoms with E-state index in [0.717, 1.165) is 54.1 Å². The molecule has 2 N–H and O–H groups in total. The number of benzene rings is 1. The largest absolute Gasteiger partial charge is 0.493 e. The first-order valence-electron chi connectivity index (χ1n) is 10.3. The lowest BCUT2D eigenvalue weighted by Crippen LogP contribution is -2.37. The van der Waals surface area contributed by atoms with Gasteiger partial charge in [-0.05, 0) is 45.6 Å². The first-order chi connectivity index (χ1) is 14.1. The van der Waals surface area contributed by atoms with Crippen molar-refractivity contribution in [3.8, 4) is 11.5 Å². The standard InChI is InChI=1S/C21H32N6O2/c1-5-22-21(24-14-19-26-25-15(2)27(19)3)23-13-16-9-8-12-18(28-4)20(16)29-17-10-6-7-11-17/h8-9,12,17H,5-7,10-11,13-14H2,1-4H3,(H2,22,23,24). The Labute approximate surface area is 172 Å². The summed E-state index contributed by atoms with van der Waals surface area (Å²) in [6, 6.07) is 5.97. The molecule has 0 aliphatic heterocycles. The maximum absolute atomic E-state index is 6.31. The minimum Gasteiger partial charge on any atom is -0.493 e. The molecule has 0 saturated heterocycles. The van der Waals surface area contributed by atoms with Crippen molar-refractivity contribution >= 4 is 5.96 Å².